The predicted molar refractivity (Wildman–Crippen MR) is 62.2 cm³/mol. The Hall–Kier alpha value is -0.773. The molecule has 4 heteroatoms. The fourth-order valence-corrected chi connectivity index (χ4v) is 2.46. The Bertz CT molecular complexity index is 299. The molecule has 1 rings (SSSR count). The van der Waals surface area contributed by atoms with Gasteiger partial charge in [0.1, 0.15) is 5.76 Å². The van der Waals surface area contributed by atoms with Crippen molar-refractivity contribution in [1.29, 1.82) is 0 Å². The van der Waals surface area contributed by atoms with Crippen LogP contribution in [0.25, 0.3) is 0 Å². The summed E-state index contributed by atoms with van der Waals surface area (Å²) in [7, 11) is -1.32. The second-order valence-corrected chi connectivity index (χ2v) is 7.76. The van der Waals surface area contributed by atoms with Crippen LogP contribution in [0.2, 0.25) is 13.1 Å². The molecule has 0 amide bonds. The van der Waals surface area contributed by atoms with Gasteiger partial charge in [0.25, 0.3) is 0 Å². The number of hydrogen-bond acceptors (Lipinski definition) is 3. The van der Waals surface area contributed by atoms with E-state index in [2.05, 4.69) is 0 Å². The van der Waals surface area contributed by atoms with Gasteiger partial charge in [0.2, 0.25) is 14.8 Å². The van der Waals surface area contributed by atoms with Gasteiger partial charge in [-0.25, -0.2) is 0 Å². The first-order chi connectivity index (χ1) is 6.73. The van der Waals surface area contributed by atoms with Crippen LogP contribution in [0.3, 0.4) is 0 Å². The highest BCUT2D eigenvalue weighted by Crippen LogP contribution is 2.39. The van der Waals surface area contributed by atoms with Crippen molar-refractivity contribution in [1.82, 2.24) is 0 Å². The molecule has 0 aromatic heterocycles. The van der Waals surface area contributed by atoms with E-state index in [0.29, 0.717) is 6.42 Å². The fourth-order valence-electron chi connectivity index (χ4n) is 1.74. The lowest BCUT2D eigenvalue weighted by atomic mass is 9.78. The van der Waals surface area contributed by atoms with Crippen molar-refractivity contribution in [2.45, 2.75) is 40.3 Å². The second-order valence-electron chi connectivity index (χ2n) is 5.43. The number of aliphatic hydroxyl groups is 1. The van der Waals surface area contributed by atoms with E-state index in [1.54, 1.807) is 0 Å². The SMILES string of the molecule is C[SiH](C)OC1=C(O)CC(C(C)(C)C)C1=O. The van der Waals surface area contributed by atoms with Crippen LogP contribution in [-0.4, -0.2) is 19.9 Å². The first kappa shape index (κ1) is 12.3. The largest absolute Gasteiger partial charge is 0.542 e. The third kappa shape index (κ3) is 2.62. The molecule has 3 nitrogen and oxygen atoms in total. The molecule has 1 atom stereocenters. The van der Waals surface area contributed by atoms with Crippen molar-refractivity contribution in [3.05, 3.63) is 11.5 Å². The van der Waals surface area contributed by atoms with Gasteiger partial charge < -0.3 is 9.53 Å². The van der Waals surface area contributed by atoms with Gasteiger partial charge in [0.15, 0.2) is 5.76 Å². The van der Waals surface area contributed by atoms with Crippen LogP contribution >= 0.6 is 0 Å². The van der Waals surface area contributed by atoms with E-state index in [-0.39, 0.29) is 28.6 Å². The Morgan fingerprint density at radius 3 is 2.27 bits per heavy atom. The topological polar surface area (TPSA) is 46.5 Å². The summed E-state index contributed by atoms with van der Waals surface area (Å²) in [6, 6.07) is 0. The number of Topliss-reactive ketones (excluding diaryl/α,β-unsaturated/α-hetero) is 1. The van der Waals surface area contributed by atoms with E-state index in [1.807, 2.05) is 33.9 Å². The number of allylic oxidation sites excluding steroid dienone is 2. The van der Waals surface area contributed by atoms with Gasteiger partial charge in [0.05, 0.1) is 0 Å². The minimum absolute atomic E-state index is 0.0267. The van der Waals surface area contributed by atoms with E-state index >= 15 is 0 Å². The molecule has 0 fully saturated rings. The van der Waals surface area contributed by atoms with Crippen LogP contribution < -0.4 is 0 Å². The average molecular weight is 228 g/mol. The lowest BCUT2D eigenvalue weighted by Gasteiger charge is -2.25. The fraction of sp³-hybridized carbons (Fsp3) is 0.727. The molecular formula is C11H20O3Si. The summed E-state index contributed by atoms with van der Waals surface area (Å²) in [5.74, 6) is 0.208. The van der Waals surface area contributed by atoms with Crippen LogP contribution in [0, 0.1) is 11.3 Å². The van der Waals surface area contributed by atoms with Gasteiger partial charge in [-0.2, -0.15) is 0 Å². The molecule has 0 heterocycles. The molecule has 0 aromatic carbocycles. The van der Waals surface area contributed by atoms with Crippen molar-refractivity contribution in [3.8, 4) is 0 Å². The Labute approximate surface area is 92.9 Å². The maximum atomic E-state index is 12.0. The third-order valence-corrected chi connectivity index (χ3v) is 3.31. The van der Waals surface area contributed by atoms with E-state index in [1.165, 1.54) is 0 Å². The minimum Gasteiger partial charge on any atom is -0.542 e. The molecular weight excluding hydrogens is 208 g/mol. The monoisotopic (exact) mass is 228 g/mol. The summed E-state index contributed by atoms with van der Waals surface area (Å²) in [6.07, 6.45) is 0.429. The molecule has 0 aromatic rings. The Morgan fingerprint density at radius 1 is 1.40 bits per heavy atom. The average Bonchev–Trinajstić information content (AvgIpc) is 2.30. The summed E-state index contributed by atoms with van der Waals surface area (Å²) in [6.45, 7) is 10.0. The molecule has 86 valence electrons. The zero-order valence-electron chi connectivity index (χ0n) is 10.1. The summed E-state index contributed by atoms with van der Waals surface area (Å²) in [4.78, 5) is 12.0. The molecule has 0 saturated carbocycles. The number of ketones is 1. The highest BCUT2D eigenvalue weighted by Gasteiger charge is 2.41. The van der Waals surface area contributed by atoms with Crippen LogP contribution in [0.1, 0.15) is 27.2 Å². The smallest absolute Gasteiger partial charge is 0.229 e. The molecule has 0 spiro atoms. The minimum atomic E-state index is -1.32. The molecule has 0 bridgehead atoms. The second kappa shape index (κ2) is 4.00. The van der Waals surface area contributed by atoms with Gasteiger partial charge in [0, 0.05) is 12.3 Å². The Kier molecular flexibility index (Phi) is 3.28. The van der Waals surface area contributed by atoms with Crippen molar-refractivity contribution in [3.63, 3.8) is 0 Å². The van der Waals surface area contributed by atoms with Crippen molar-refractivity contribution in [2.24, 2.45) is 11.3 Å². The van der Waals surface area contributed by atoms with Crippen LogP contribution in [-0.2, 0) is 9.22 Å². The van der Waals surface area contributed by atoms with Crippen LogP contribution in [0.15, 0.2) is 11.5 Å². The van der Waals surface area contributed by atoms with Crippen molar-refractivity contribution >= 4 is 14.8 Å². The zero-order chi connectivity index (χ0) is 11.8. The maximum absolute atomic E-state index is 12.0. The number of rotatable bonds is 2. The van der Waals surface area contributed by atoms with Gasteiger partial charge >= 0.3 is 0 Å². The Morgan fingerprint density at radius 2 is 1.93 bits per heavy atom. The van der Waals surface area contributed by atoms with E-state index in [4.69, 9.17) is 4.43 Å². The molecule has 0 saturated heterocycles. The highest BCUT2D eigenvalue weighted by molar-refractivity contribution is 6.49. The standard InChI is InChI=1S/C11H20O3Si/c1-11(2,3)7-6-8(12)10(9(7)13)14-15(4)5/h7,12,15H,6H2,1-5H3. The van der Waals surface area contributed by atoms with E-state index in [9.17, 15) is 9.90 Å². The zero-order valence-corrected chi connectivity index (χ0v) is 11.3. The molecule has 1 unspecified atom stereocenters. The first-order valence-electron chi connectivity index (χ1n) is 5.36. The highest BCUT2D eigenvalue weighted by atomic mass is 28.3. The molecule has 1 aliphatic carbocycles. The lowest BCUT2D eigenvalue weighted by molar-refractivity contribution is -0.123. The summed E-state index contributed by atoms with van der Waals surface area (Å²) in [5, 5.41) is 9.70. The molecule has 15 heavy (non-hydrogen) atoms. The quantitative estimate of drug-likeness (QED) is 0.738. The summed E-state index contributed by atoms with van der Waals surface area (Å²) in [5.41, 5.74) is -0.116. The number of carbonyl (C=O) groups is 1. The van der Waals surface area contributed by atoms with Gasteiger partial charge in [-0.1, -0.05) is 20.8 Å². The number of aliphatic hydroxyl groups excluding tert-OH is 1. The number of carbonyl (C=O) groups excluding carboxylic acids is 1. The molecule has 0 radical (unpaired) electrons. The van der Waals surface area contributed by atoms with E-state index < -0.39 is 9.04 Å². The maximum Gasteiger partial charge on any atom is 0.229 e. The first-order valence-corrected chi connectivity index (χ1v) is 8.14. The van der Waals surface area contributed by atoms with Gasteiger partial charge in [-0.3, -0.25) is 4.79 Å². The molecule has 0 aliphatic heterocycles. The van der Waals surface area contributed by atoms with Crippen LogP contribution in [0.4, 0.5) is 0 Å². The summed E-state index contributed by atoms with van der Waals surface area (Å²) >= 11 is 0. The lowest BCUT2D eigenvalue weighted by Crippen LogP contribution is -2.27. The van der Waals surface area contributed by atoms with Gasteiger partial charge in [-0.05, 0) is 18.5 Å². The van der Waals surface area contributed by atoms with Crippen molar-refractivity contribution in [2.75, 3.05) is 0 Å². The normalized spacial score (nSPS) is 22.8. The van der Waals surface area contributed by atoms with Crippen molar-refractivity contribution < 1.29 is 14.3 Å². The van der Waals surface area contributed by atoms with Gasteiger partial charge in [-0.15, -0.1) is 0 Å². The number of hydrogen-bond donors (Lipinski definition) is 1. The summed E-state index contributed by atoms with van der Waals surface area (Å²) < 4.78 is 5.48. The molecule has 1 aliphatic rings. The van der Waals surface area contributed by atoms with E-state index in [0.717, 1.165) is 0 Å². The molecule has 1 N–H and O–H groups in total. The Balaban J connectivity index is 2.84. The third-order valence-electron chi connectivity index (χ3n) is 2.60. The predicted octanol–water partition coefficient (Wildman–Crippen LogP) is 2.39. The van der Waals surface area contributed by atoms with Crippen LogP contribution in [0.5, 0.6) is 0 Å².